The maximum atomic E-state index is 11.4. The molecular weight excluding hydrogens is 268 g/mol. The van der Waals surface area contributed by atoms with Gasteiger partial charge in [0.25, 0.3) is 0 Å². The lowest BCUT2D eigenvalue weighted by Crippen LogP contribution is -2.09. The summed E-state index contributed by atoms with van der Waals surface area (Å²) < 4.78 is 7.29. The standard InChI is InChI=1S/C16H20N2O3/c1-16(2)12(13(16)15(19)20)14-17-10-6-4-5-7-11(10)18(14)8-9-21-3/h4-7,12-13H,8-9H2,1-3H3,(H,19,20). The molecule has 0 radical (unpaired) electrons. The van der Waals surface area contributed by atoms with Crippen molar-refractivity contribution in [1.82, 2.24) is 9.55 Å². The number of nitrogens with zero attached hydrogens (tertiary/aromatic N) is 2. The van der Waals surface area contributed by atoms with E-state index in [0.29, 0.717) is 13.2 Å². The molecule has 112 valence electrons. The van der Waals surface area contributed by atoms with E-state index in [-0.39, 0.29) is 17.3 Å². The maximum absolute atomic E-state index is 11.4. The van der Waals surface area contributed by atoms with Crippen molar-refractivity contribution in [3.8, 4) is 0 Å². The Kier molecular flexibility index (Phi) is 3.24. The van der Waals surface area contributed by atoms with Crippen molar-refractivity contribution in [2.75, 3.05) is 13.7 Å². The zero-order valence-electron chi connectivity index (χ0n) is 12.5. The molecule has 1 saturated carbocycles. The molecule has 2 aromatic rings. The summed E-state index contributed by atoms with van der Waals surface area (Å²) >= 11 is 0. The van der Waals surface area contributed by atoms with Crippen LogP contribution in [-0.4, -0.2) is 34.3 Å². The fourth-order valence-corrected chi connectivity index (χ4v) is 3.33. The van der Waals surface area contributed by atoms with Crippen molar-refractivity contribution in [3.05, 3.63) is 30.1 Å². The van der Waals surface area contributed by atoms with Crippen LogP contribution in [0.25, 0.3) is 11.0 Å². The summed E-state index contributed by atoms with van der Waals surface area (Å²) in [6.07, 6.45) is 0. The normalized spacial score (nSPS) is 23.4. The third-order valence-corrected chi connectivity index (χ3v) is 4.57. The van der Waals surface area contributed by atoms with Crippen molar-refractivity contribution in [1.29, 1.82) is 0 Å². The van der Waals surface area contributed by atoms with Crippen LogP contribution in [0.1, 0.15) is 25.6 Å². The van der Waals surface area contributed by atoms with Crippen LogP contribution in [0.15, 0.2) is 24.3 Å². The highest BCUT2D eigenvalue weighted by atomic mass is 16.5. The van der Waals surface area contributed by atoms with Crippen molar-refractivity contribution in [3.63, 3.8) is 0 Å². The van der Waals surface area contributed by atoms with Crippen LogP contribution in [0.4, 0.5) is 0 Å². The zero-order valence-corrected chi connectivity index (χ0v) is 12.5. The number of aliphatic carboxylic acids is 1. The highest BCUT2D eigenvalue weighted by Crippen LogP contribution is 2.64. The van der Waals surface area contributed by atoms with Gasteiger partial charge in [0.05, 0.1) is 23.6 Å². The Morgan fingerprint density at radius 1 is 1.43 bits per heavy atom. The van der Waals surface area contributed by atoms with Gasteiger partial charge in [-0.2, -0.15) is 0 Å². The van der Waals surface area contributed by atoms with Gasteiger partial charge in [0.2, 0.25) is 0 Å². The van der Waals surface area contributed by atoms with E-state index in [1.54, 1.807) is 7.11 Å². The van der Waals surface area contributed by atoms with Crippen LogP contribution >= 0.6 is 0 Å². The van der Waals surface area contributed by atoms with E-state index in [2.05, 4.69) is 4.57 Å². The van der Waals surface area contributed by atoms with Gasteiger partial charge in [-0.05, 0) is 17.5 Å². The average molecular weight is 288 g/mol. The second kappa shape index (κ2) is 4.84. The van der Waals surface area contributed by atoms with Crippen LogP contribution in [0, 0.1) is 11.3 Å². The van der Waals surface area contributed by atoms with Gasteiger partial charge in [0.15, 0.2) is 0 Å². The first-order chi connectivity index (χ1) is 9.98. The number of carboxylic acid groups (broad SMARTS) is 1. The second-order valence-corrected chi connectivity index (χ2v) is 6.22. The van der Waals surface area contributed by atoms with Gasteiger partial charge in [-0.25, -0.2) is 4.98 Å². The number of para-hydroxylation sites is 2. The van der Waals surface area contributed by atoms with E-state index in [9.17, 15) is 9.90 Å². The van der Waals surface area contributed by atoms with Crippen molar-refractivity contribution in [2.24, 2.45) is 11.3 Å². The Hall–Kier alpha value is -1.88. The molecule has 0 spiro atoms. The molecule has 0 aliphatic heterocycles. The molecule has 5 heteroatoms. The Labute approximate surface area is 123 Å². The summed E-state index contributed by atoms with van der Waals surface area (Å²) in [4.78, 5) is 16.1. The zero-order chi connectivity index (χ0) is 15.2. The van der Waals surface area contributed by atoms with Gasteiger partial charge in [-0.3, -0.25) is 4.79 Å². The summed E-state index contributed by atoms with van der Waals surface area (Å²) in [5.74, 6) is -0.282. The summed E-state index contributed by atoms with van der Waals surface area (Å²) in [6, 6.07) is 7.91. The SMILES string of the molecule is COCCn1c(C2C(C(=O)O)C2(C)C)nc2ccccc21. The molecule has 1 aliphatic carbocycles. The quantitative estimate of drug-likeness (QED) is 0.918. The van der Waals surface area contributed by atoms with Crippen molar-refractivity contribution < 1.29 is 14.6 Å². The van der Waals surface area contributed by atoms with Gasteiger partial charge in [-0.1, -0.05) is 26.0 Å². The van der Waals surface area contributed by atoms with Crippen LogP contribution < -0.4 is 0 Å². The number of aromatic nitrogens is 2. The van der Waals surface area contributed by atoms with E-state index in [1.807, 2.05) is 38.1 Å². The molecule has 21 heavy (non-hydrogen) atoms. The van der Waals surface area contributed by atoms with Crippen LogP contribution in [0.5, 0.6) is 0 Å². The van der Waals surface area contributed by atoms with Crippen LogP contribution in [0.2, 0.25) is 0 Å². The lowest BCUT2D eigenvalue weighted by molar-refractivity contribution is -0.139. The number of hydrogen-bond acceptors (Lipinski definition) is 3. The molecular formula is C16H20N2O3. The van der Waals surface area contributed by atoms with Gasteiger partial charge in [0, 0.05) is 19.6 Å². The molecule has 1 aliphatic rings. The molecule has 0 amide bonds. The van der Waals surface area contributed by atoms with E-state index in [4.69, 9.17) is 9.72 Å². The minimum Gasteiger partial charge on any atom is -0.481 e. The van der Waals surface area contributed by atoms with E-state index < -0.39 is 5.97 Å². The second-order valence-electron chi connectivity index (χ2n) is 6.22. The van der Waals surface area contributed by atoms with Crippen molar-refractivity contribution >= 4 is 17.0 Å². The monoisotopic (exact) mass is 288 g/mol. The molecule has 1 heterocycles. The van der Waals surface area contributed by atoms with Gasteiger partial charge < -0.3 is 14.4 Å². The molecule has 1 N–H and O–H groups in total. The Morgan fingerprint density at radius 3 is 2.76 bits per heavy atom. The lowest BCUT2D eigenvalue weighted by atomic mass is 10.1. The summed E-state index contributed by atoms with van der Waals surface area (Å²) in [5.41, 5.74) is 1.70. The molecule has 0 saturated heterocycles. The average Bonchev–Trinajstić information content (AvgIpc) is 2.85. The largest absolute Gasteiger partial charge is 0.481 e. The van der Waals surface area contributed by atoms with Crippen LogP contribution in [0.3, 0.4) is 0 Å². The Balaban J connectivity index is 2.08. The van der Waals surface area contributed by atoms with E-state index in [0.717, 1.165) is 16.9 Å². The number of hydrogen-bond donors (Lipinski definition) is 1. The molecule has 1 aromatic carbocycles. The summed E-state index contributed by atoms with van der Waals surface area (Å²) in [5, 5.41) is 9.40. The molecule has 5 nitrogen and oxygen atoms in total. The first-order valence-electron chi connectivity index (χ1n) is 7.15. The topological polar surface area (TPSA) is 64.3 Å². The molecule has 1 aromatic heterocycles. The highest BCUT2D eigenvalue weighted by Gasteiger charge is 2.64. The smallest absolute Gasteiger partial charge is 0.307 e. The number of benzene rings is 1. The maximum Gasteiger partial charge on any atom is 0.307 e. The number of rotatable bonds is 5. The number of carboxylic acids is 1. The minimum atomic E-state index is -0.740. The van der Waals surface area contributed by atoms with Gasteiger partial charge >= 0.3 is 5.97 Å². The Bertz CT molecular complexity index is 690. The molecule has 3 rings (SSSR count). The molecule has 2 unspecified atom stereocenters. The molecule has 2 atom stereocenters. The number of carbonyl (C=O) groups is 1. The van der Waals surface area contributed by atoms with Gasteiger partial charge in [-0.15, -0.1) is 0 Å². The summed E-state index contributed by atoms with van der Waals surface area (Å²) in [6.45, 7) is 5.26. The first-order valence-corrected chi connectivity index (χ1v) is 7.15. The van der Waals surface area contributed by atoms with Crippen molar-refractivity contribution in [2.45, 2.75) is 26.3 Å². The Morgan fingerprint density at radius 2 is 2.14 bits per heavy atom. The van der Waals surface area contributed by atoms with E-state index in [1.165, 1.54) is 0 Å². The fourth-order valence-electron chi connectivity index (χ4n) is 3.33. The first kappa shape index (κ1) is 14.1. The number of imidazole rings is 1. The molecule has 0 bridgehead atoms. The predicted molar refractivity (Wildman–Crippen MR) is 79.3 cm³/mol. The van der Waals surface area contributed by atoms with Crippen LogP contribution in [-0.2, 0) is 16.1 Å². The highest BCUT2D eigenvalue weighted by molar-refractivity contribution is 5.80. The summed E-state index contributed by atoms with van der Waals surface area (Å²) in [7, 11) is 1.67. The number of methoxy groups -OCH3 is 1. The predicted octanol–water partition coefficient (Wildman–Crippen LogP) is 2.51. The lowest BCUT2D eigenvalue weighted by Gasteiger charge is -2.09. The third-order valence-electron chi connectivity index (χ3n) is 4.57. The number of ether oxygens (including phenoxy) is 1. The van der Waals surface area contributed by atoms with Gasteiger partial charge in [0.1, 0.15) is 5.82 Å². The number of fused-ring (bicyclic) bond motifs is 1. The molecule has 1 fully saturated rings. The van der Waals surface area contributed by atoms with E-state index >= 15 is 0 Å². The third kappa shape index (κ3) is 2.12. The minimum absolute atomic E-state index is 0.0424. The fraction of sp³-hybridized carbons (Fsp3) is 0.500.